The summed E-state index contributed by atoms with van der Waals surface area (Å²) in [6, 6.07) is 9.58. The molecule has 0 fully saturated rings. The molecule has 0 saturated heterocycles. The molecule has 0 bridgehead atoms. The number of nitrogens with zero attached hydrogens (tertiary/aromatic N) is 4. The monoisotopic (exact) mass is 477 g/mol. The summed E-state index contributed by atoms with van der Waals surface area (Å²) in [6.07, 6.45) is 2.60. The smallest absolute Gasteiger partial charge is 0.410 e. The molecule has 1 aromatic heterocycles. The number of nitriles is 1. The standard InChI is InChI=1S/C26H31N5O4/c1-6-33-23-21(15-27)14-22(16-29-23)24(35-28)30-17(2)19-8-7-18-9-11-31(12-10-20(18)13-19)25(32)34-26(3,4)5/h7-8,13-14,16H,2,6,9-12,28H2,1,3-5H3. The third-order valence-corrected chi connectivity index (χ3v) is 5.34. The van der Waals surface area contributed by atoms with E-state index in [9.17, 15) is 10.1 Å². The van der Waals surface area contributed by atoms with E-state index >= 15 is 0 Å². The molecular formula is C26H31N5O4. The highest BCUT2D eigenvalue weighted by Gasteiger charge is 2.24. The van der Waals surface area contributed by atoms with Crippen LogP contribution in [0.15, 0.2) is 42.0 Å². The van der Waals surface area contributed by atoms with E-state index < -0.39 is 5.60 Å². The SMILES string of the molecule is C=C(N=C(ON)c1cnc(OCC)c(C#N)c1)c1ccc2c(c1)CCN(C(=O)OC(C)(C)C)CC2. The van der Waals surface area contributed by atoms with Crippen molar-refractivity contribution in [1.29, 1.82) is 5.26 Å². The van der Waals surface area contributed by atoms with Crippen LogP contribution in [0.2, 0.25) is 0 Å². The highest BCUT2D eigenvalue weighted by molar-refractivity contribution is 5.97. The van der Waals surface area contributed by atoms with Crippen LogP contribution in [0, 0.1) is 11.3 Å². The number of amides is 1. The number of fused-ring (bicyclic) bond motifs is 1. The van der Waals surface area contributed by atoms with Gasteiger partial charge in [-0.25, -0.2) is 14.8 Å². The van der Waals surface area contributed by atoms with Crippen molar-refractivity contribution < 1.29 is 19.1 Å². The Labute approximate surface area is 205 Å². The summed E-state index contributed by atoms with van der Waals surface area (Å²) in [5.41, 5.74) is 3.67. The quantitative estimate of drug-likeness (QED) is 0.392. The van der Waals surface area contributed by atoms with Crippen molar-refractivity contribution in [3.05, 3.63) is 64.9 Å². The minimum atomic E-state index is -0.533. The van der Waals surface area contributed by atoms with Gasteiger partial charge >= 0.3 is 6.09 Å². The van der Waals surface area contributed by atoms with Crippen molar-refractivity contribution >= 4 is 17.7 Å². The van der Waals surface area contributed by atoms with Gasteiger partial charge in [0.15, 0.2) is 0 Å². The van der Waals surface area contributed by atoms with E-state index in [0.717, 1.165) is 17.5 Å². The van der Waals surface area contributed by atoms with Crippen LogP contribution in [-0.2, 0) is 22.4 Å². The number of rotatable bonds is 5. The molecule has 35 heavy (non-hydrogen) atoms. The third kappa shape index (κ3) is 6.58. The number of hydrogen-bond acceptors (Lipinski definition) is 8. The Morgan fingerprint density at radius 3 is 2.57 bits per heavy atom. The molecule has 0 aliphatic carbocycles. The van der Waals surface area contributed by atoms with Crippen LogP contribution in [-0.4, -0.2) is 47.2 Å². The first-order chi connectivity index (χ1) is 16.6. The molecule has 0 radical (unpaired) electrons. The maximum atomic E-state index is 12.5. The first kappa shape index (κ1) is 25.7. The Morgan fingerprint density at radius 2 is 1.94 bits per heavy atom. The lowest BCUT2D eigenvalue weighted by molar-refractivity contribution is 0.0258. The van der Waals surface area contributed by atoms with Gasteiger partial charge < -0.3 is 19.2 Å². The minimum absolute atomic E-state index is 0.0769. The van der Waals surface area contributed by atoms with Gasteiger partial charge in [0.05, 0.1) is 17.9 Å². The lowest BCUT2D eigenvalue weighted by Crippen LogP contribution is -2.38. The molecule has 0 unspecified atom stereocenters. The molecular weight excluding hydrogens is 446 g/mol. The van der Waals surface area contributed by atoms with Crippen LogP contribution in [0.25, 0.3) is 5.70 Å². The highest BCUT2D eigenvalue weighted by Crippen LogP contribution is 2.24. The Hall–Kier alpha value is -3.90. The maximum Gasteiger partial charge on any atom is 0.410 e. The minimum Gasteiger partial charge on any atom is -0.477 e. The zero-order chi connectivity index (χ0) is 25.6. The fraction of sp³-hybridized carbons (Fsp3) is 0.385. The summed E-state index contributed by atoms with van der Waals surface area (Å²) >= 11 is 0. The molecule has 1 amide bonds. The van der Waals surface area contributed by atoms with Gasteiger partial charge in [0, 0.05) is 19.3 Å². The number of hydrogen-bond donors (Lipinski definition) is 1. The summed E-state index contributed by atoms with van der Waals surface area (Å²) in [5.74, 6) is 5.79. The molecule has 3 rings (SSSR count). The summed E-state index contributed by atoms with van der Waals surface area (Å²) < 4.78 is 10.9. The molecule has 9 nitrogen and oxygen atoms in total. The van der Waals surface area contributed by atoms with Crippen molar-refractivity contribution in [2.75, 3.05) is 19.7 Å². The van der Waals surface area contributed by atoms with Crippen molar-refractivity contribution in [2.45, 2.75) is 46.1 Å². The average molecular weight is 478 g/mol. The van der Waals surface area contributed by atoms with Gasteiger partial charge in [-0.1, -0.05) is 18.7 Å². The zero-order valence-electron chi connectivity index (χ0n) is 20.6. The van der Waals surface area contributed by atoms with E-state index in [-0.39, 0.29) is 23.4 Å². The van der Waals surface area contributed by atoms with Crippen LogP contribution in [0.5, 0.6) is 5.88 Å². The van der Waals surface area contributed by atoms with Gasteiger partial charge in [-0.05, 0) is 69.4 Å². The molecule has 0 atom stereocenters. The van der Waals surface area contributed by atoms with Crippen LogP contribution >= 0.6 is 0 Å². The number of pyridine rings is 1. The third-order valence-electron chi connectivity index (χ3n) is 5.34. The summed E-state index contributed by atoms with van der Waals surface area (Å²) in [7, 11) is 0. The predicted octanol–water partition coefficient (Wildman–Crippen LogP) is 4.00. The number of aliphatic imine (C=N–C) groups is 1. The summed E-state index contributed by atoms with van der Waals surface area (Å²) in [6.45, 7) is 13.0. The number of nitrogens with two attached hydrogens (primary N) is 1. The number of aromatic nitrogens is 1. The average Bonchev–Trinajstić information content (AvgIpc) is 3.04. The van der Waals surface area contributed by atoms with Gasteiger partial charge in [0.25, 0.3) is 0 Å². The number of benzene rings is 1. The van der Waals surface area contributed by atoms with Gasteiger partial charge in [0.2, 0.25) is 11.8 Å². The molecule has 1 aliphatic heterocycles. The van der Waals surface area contributed by atoms with Crippen LogP contribution in [0.3, 0.4) is 0 Å². The topological polar surface area (TPSA) is 123 Å². The molecule has 2 aromatic rings. The van der Waals surface area contributed by atoms with Crippen molar-refractivity contribution in [1.82, 2.24) is 9.88 Å². The molecule has 2 N–H and O–H groups in total. The van der Waals surface area contributed by atoms with Gasteiger partial charge in [-0.2, -0.15) is 11.2 Å². The molecule has 0 saturated carbocycles. The molecule has 9 heteroatoms. The molecule has 184 valence electrons. The Bertz CT molecular complexity index is 1180. The lowest BCUT2D eigenvalue weighted by atomic mass is 9.99. The summed E-state index contributed by atoms with van der Waals surface area (Å²) in [4.78, 5) is 27.8. The van der Waals surface area contributed by atoms with E-state index in [2.05, 4.69) is 22.6 Å². The highest BCUT2D eigenvalue weighted by atomic mass is 16.6. The zero-order valence-corrected chi connectivity index (χ0v) is 20.6. The van der Waals surface area contributed by atoms with Crippen molar-refractivity contribution in [2.24, 2.45) is 10.9 Å². The van der Waals surface area contributed by atoms with E-state index in [1.165, 1.54) is 11.8 Å². The Balaban J connectivity index is 1.79. The number of ether oxygens (including phenoxy) is 2. The van der Waals surface area contributed by atoms with E-state index in [0.29, 0.717) is 37.4 Å². The van der Waals surface area contributed by atoms with E-state index in [1.807, 2.05) is 45.9 Å². The first-order valence-electron chi connectivity index (χ1n) is 11.4. The fourth-order valence-electron chi connectivity index (χ4n) is 3.66. The van der Waals surface area contributed by atoms with Gasteiger partial charge in [-0.3, -0.25) is 0 Å². The molecule has 1 aromatic carbocycles. The normalized spacial score (nSPS) is 13.8. The summed E-state index contributed by atoms with van der Waals surface area (Å²) in [5, 5.41) is 9.40. The Morgan fingerprint density at radius 1 is 1.23 bits per heavy atom. The largest absolute Gasteiger partial charge is 0.477 e. The van der Waals surface area contributed by atoms with Crippen LogP contribution < -0.4 is 10.6 Å². The lowest BCUT2D eigenvalue weighted by Gasteiger charge is -2.26. The van der Waals surface area contributed by atoms with Crippen molar-refractivity contribution in [3.8, 4) is 11.9 Å². The number of carbonyl (C=O) groups excluding carboxylic acids is 1. The molecule has 1 aliphatic rings. The van der Waals surface area contributed by atoms with E-state index in [1.54, 1.807) is 11.0 Å². The number of carbonyl (C=O) groups is 1. The van der Waals surface area contributed by atoms with Crippen molar-refractivity contribution in [3.63, 3.8) is 0 Å². The van der Waals surface area contributed by atoms with Crippen LogP contribution in [0.1, 0.15) is 55.5 Å². The van der Waals surface area contributed by atoms with Gasteiger partial charge in [-0.15, -0.1) is 0 Å². The fourth-order valence-corrected chi connectivity index (χ4v) is 3.66. The molecule has 0 spiro atoms. The first-order valence-corrected chi connectivity index (χ1v) is 11.4. The second kappa shape index (κ2) is 11.0. The van der Waals surface area contributed by atoms with Crippen LogP contribution in [0.4, 0.5) is 4.79 Å². The second-order valence-corrected chi connectivity index (χ2v) is 9.05. The Kier molecular flexibility index (Phi) is 8.10. The van der Waals surface area contributed by atoms with E-state index in [4.69, 9.17) is 20.2 Å². The maximum absolute atomic E-state index is 12.5. The predicted molar refractivity (Wildman–Crippen MR) is 133 cm³/mol. The molecule has 2 heterocycles. The second-order valence-electron chi connectivity index (χ2n) is 9.05. The van der Waals surface area contributed by atoms with Gasteiger partial charge in [0.1, 0.15) is 17.2 Å².